The molecule has 1 rings (SSSR count). The summed E-state index contributed by atoms with van der Waals surface area (Å²) in [5.74, 6) is -2.37. The molecular weight excluding hydrogens is 300 g/mol. The van der Waals surface area contributed by atoms with E-state index in [1.54, 1.807) is 31.2 Å². The number of ketones is 1. The Bertz CT molecular complexity index is 488. The molecule has 0 amide bonds. The number of rotatable bonds is 4. The third-order valence-electron chi connectivity index (χ3n) is 2.25. The van der Waals surface area contributed by atoms with Crippen molar-refractivity contribution in [3.05, 3.63) is 39.9 Å². The molecule has 0 radical (unpaired) electrons. The summed E-state index contributed by atoms with van der Waals surface area (Å²) in [5, 5.41) is 11.9. The van der Waals surface area contributed by atoms with Crippen LogP contribution in [0.25, 0.3) is 5.76 Å². The van der Waals surface area contributed by atoms with Gasteiger partial charge >= 0.3 is 5.97 Å². The molecule has 0 aliphatic carbocycles. The summed E-state index contributed by atoms with van der Waals surface area (Å²) in [7, 11) is 0. The topological polar surface area (TPSA) is 66.4 Å². The van der Waals surface area contributed by atoms with Crippen molar-refractivity contribution in [2.24, 2.45) is 0 Å². The van der Waals surface area contributed by atoms with E-state index >= 15 is 0 Å². The zero-order valence-corrected chi connectivity index (χ0v) is 11.6. The van der Waals surface area contributed by atoms with Crippen LogP contribution in [0.2, 0.25) is 0 Å². The zero-order chi connectivity index (χ0) is 13.7. The Morgan fingerprint density at radius 3 is 2.33 bits per heavy atom. The number of carbonyl (C=O) groups excluding carboxylic acids is 2. The molecule has 0 fully saturated rings. The van der Waals surface area contributed by atoms with E-state index in [4.69, 9.17) is 0 Å². The van der Waals surface area contributed by atoms with Crippen LogP contribution < -0.4 is 5.11 Å². The lowest BCUT2D eigenvalue weighted by Crippen LogP contribution is -2.21. The summed E-state index contributed by atoms with van der Waals surface area (Å²) in [6, 6.07) is 6.54. The number of esters is 1. The maximum Gasteiger partial charge on any atom is 0.379 e. The van der Waals surface area contributed by atoms with Crippen LogP contribution in [0.15, 0.2) is 34.3 Å². The van der Waals surface area contributed by atoms with Crippen molar-refractivity contribution in [2.75, 3.05) is 6.61 Å². The lowest BCUT2D eigenvalue weighted by atomic mass is 10.1. The first-order valence-electron chi connectivity index (χ1n) is 5.32. The lowest BCUT2D eigenvalue weighted by molar-refractivity contribution is -0.244. The van der Waals surface area contributed by atoms with Crippen molar-refractivity contribution in [3.8, 4) is 0 Å². The second-order valence-electron chi connectivity index (χ2n) is 3.51. The number of hydrogen-bond donors (Lipinski definition) is 0. The highest BCUT2D eigenvalue weighted by Crippen LogP contribution is 2.17. The van der Waals surface area contributed by atoms with Crippen molar-refractivity contribution in [3.63, 3.8) is 0 Å². The summed E-state index contributed by atoms with van der Waals surface area (Å²) >= 11 is 3.25. The monoisotopic (exact) mass is 311 g/mol. The SMILES string of the molecule is CCOC(=O)C(=O)C(C)=C([O-])c1ccc(Br)cc1. The van der Waals surface area contributed by atoms with Crippen molar-refractivity contribution in [2.45, 2.75) is 13.8 Å². The summed E-state index contributed by atoms with van der Waals surface area (Å²) in [6.07, 6.45) is 0. The third-order valence-corrected chi connectivity index (χ3v) is 2.78. The van der Waals surface area contributed by atoms with Gasteiger partial charge in [0, 0.05) is 4.47 Å². The predicted octanol–water partition coefficient (Wildman–Crippen LogP) is 1.67. The highest BCUT2D eigenvalue weighted by molar-refractivity contribution is 9.10. The molecule has 0 saturated carbocycles. The van der Waals surface area contributed by atoms with Gasteiger partial charge in [-0.05, 0) is 37.1 Å². The molecule has 0 atom stereocenters. The van der Waals surface area contributed by atoms with Gasteiger partial charge in [-0.1, -0.05) is 33.8 Å². The molecule has 1 aromatic carbocycles. The Balaban J connectivity index is 3.01. The van der Waals surface area contributed by atoms with Gasteiger partial charge < -0.3 is 9.84 Å². The molecule has 0 unspecified atom stereocenters. The Labute approximate surface area is 113 Å². The minimum absolute atomic E-state index is 0.102. The van der Waals surface area contributed by atoms with E-state index < -0.39 is 17.5 Å². The molecule has 4 nitrogen and oxygen atoms in total. The number of ether oxygens (including phenoxy) is 1. The average molecular weight is 312 g/mol. The molecule has 0 saturated heterocycles. The van der Waals surface area contributed by atoms with E-state index in [0.717, 1.165) is 4.47 Å². The zero-order valence-electron chi connectivity index (χ0n) is 10.0. The van der Waals surface area contributed by atoms with E-state index in [2.05, 4.69) is 20.7 Å². The maximum absolute atomic E-state index is 11.9. The highest BCUT2D eigenvalue weighted by Gasteiger charge is 2.17. The highest BCUT2D eigenvalue weighted by atomic mass is 79.9. The van der Waals surface area contributed by atoms with Crippen LogP contribution in [0.1, 0.15) is 19.4 Å². The van der Waals surface area contributed by atoms with Gasteiger partial charge in [0.25, 0.3) is 5.78 Å². The number of Topliss-reactive ketones (excluding diaryl/α,β-unsaturated/α-hetero) is 1. The smallest absolute Gasteiger partial charge is 0.379 e. The first kappa shape index (κ1) is 14.4. The van der Waals surface area contributed by atoms with Crippen LogP contribution >= 0.6 is 15.9 Å². The van der Waals surface area contributed by atoms with Gasteiger partial charge in [0.15, 0.2) is 0 Å². The Hall–Kier alpha value is -1.62. The Morgan fingerprint density at radius 2 is 1.83 bits per heavy atom. The summed E-state index contributed by atoms with van der Waals surface area (Å²) in [5.41, 5.74) is 0.212. The number of carbonyl (C=O) groups is 2. The second kappa shape index (κ2) is 6.35. The predicted molar refractivity (Wildman–Crippen MR) is 68.4 cm³/mol. The normalized spacial score (nSPS) is 11.7. The molecule has 96 valence electrons. The van der Waals surface area contributed by atoms with Crippen LogP contribution in [0.4, 0.5) is 0 Å². The lowest BCUT2D eigenvalue weighted by Gasteiger charge is -2.16. The second-order valence-corrected chi connectivity index (χ2v) is 4.43. The van der Waals surface area contributed by atoms with Crippen LogP contribution in [0, 0.1) is 0 Å². The molecule has 0 N–H and O–H groups in total. The van der Waals surface area contributed by atoms with Gasteiger partial charge in [-0.2, -0.15) is 0 Å². The quantitative estimate of drug-likeness (QED) is 0.367. The van der Waals surface area contributed by atoms with Crippen LogP contribution in [-0.2, 0) is 14.3 Å². The fourth-order valence-electron chi connectivity index (χ4n) is 1.27. The summed E-state index contributed by atoms with van der Waals surface area (Å²) in [6.45, 7) is 3.02. The number of halogens is 1. The first-order valence-corrected chi connectivity index (χ1v) is 6.12. The number of benzene rings is 1. The molecule has 0 heterocycles. The standard InChI is InChI=1S/C13H13BrO4/c1-3-18-13(17)12(16)8(2)11(15)9-4-6-10(14)7-5-9/h4-7,15H,3H2,1-2H3/p-1. The first-order chi connectivity index (χ1) is 8.47. The molecule has 5 heteroatoms. The van der Waals surface area contributed by atoms with Crippen LogP contribution in [0.3, 0.4) is 0 Å². The van der Waals surface area contributed by atoms with Gasteiger partial charge in [-0.3, -0.25) is 4.79 Å². The van der Waals surface area contributed by atoms with Crippen molar-refractivity contribution >= 4 is 33.4 Å². The fraction of sp³-hybridized carbons (Fsp3) is 0.231. The van der Waals surface area contributed by atoms with Crippen LogP contribution in [-0.4, -0.2) is 18.4 Å². The van der Waals surface area contributed by atoms with Crippen molar-refractivity contribution < 1.29 is 19.4 Å². The molecule has 1 aromatic rings. The minimum Gasteiger partial charge on any atom is -0.872 e. The largest absolute Gasteiger partial charge is 0.872 e. The van der Waals surface area contributed by atoms with Crippen molar-refractivity contribution in [1.29, 1.82) is 0 Å². The molecule has 18 heavy (non-hydrogen) atoms. The van der Waals surface area contributed by atoms with E-state index in [-0.39, 0.29) is 12.2 Å². The maximum atomic E-state index is 11.9. The van der Waals surface area contributed by atoms with E-state index in [9.17, 15) is 14.7 Å². The molecule has 0 aliphatic rings. The van der Waals surface area contributed by atoms with Gasteiger partial charge in [-0.25, -0.2) is 4.79 Å². The summed E-state index contributed by atoms with van der Waals surface area (Å²) < 4.78 is 5.39. The molecular formula is C13H12BrO4-. The van der Waals surface area contributed by atoms with Crippen LogP contribution in [0.5, 0.6) is 0 Å². The van der Waals surface area contributed by atoms with E-state index in [0.29, 0.717) is 5.56 Å². The molecule has 0 aromatic heterocycles. The minimum atomic E-state index is -1.000. The third kappa shape index (κ3) is 3.43. The fourth-order valence-corrected chi connectivity index (χ4v) is 1.53. The van der Waals surface area contributed by atoms with E-state index in [1.807, 2.05) is 0 Å². The molecule has 0 spiro atoms. The van der Waals surface area contributed by atoms with Gasteiger partial charge in [0.1, 0.15) is 0 Å². The van der Waals surface area contributed by atoms with Gasteiger partial charge in [-0.15, -0.1) is 0 Å². The Kier molecular flexibility index (Phi) is 5.09. The van der Waals surface area contributed by atoms with Gasteiger partial charge in [0.2, 0.25) is 0 Å². The number of hydrogen-bond acceptors (Lipinski definition) is 4. The van der Waals surface area contributed by atoms with Gasteiger partial charge in [0.05, 0.1) is 6.61 Å². The molecule has 0 aliphatic heterocycles. The molecule has 0 bridgehead atoms. The van der Waals surface area contributed by atoms with Crippen molar-refractivity contribution in [1.82, 2.24) is 0 Å². The average Bonchev–Trinajstić information content (AvgIpc) is 2.37. The Morgan fingerprint density at radius 1 is 1.28 bits per heavy atom. The summed E-state index contributed by atoms with van der Waals surface area (Å²) in [4.78, 5) is 22.8. The van der Waals surface area contributed by atoms with E-state index in [1.165, 1.54) is 6.92 Å².